The molecule has 1 heterocycles. The van der Waals surface area contributed by atoms with Gasteiger partial charge in [0.15, 0.2) is 11.0 Å². The quantitative estimate of drug-likeness (QED) is 0.470. The molecular weight excluding hydrogens is 382 g/mol. The van der Waals surface area contributed by atoms with Gasteiger partial charge in [0.05, 0.1) is 11.4 Å². The Balaban J connectivity index is 1.72. The van der Waals surface area contributed by atoms with Gasteiger partial charge in [-0.1, -0.05) is 47.7 Å². The van der Waals surface area contributed by atoms with Gasteiger partial charge < -0.3 is 5.32 Å². The third kappa shape index (κ3) is 4.64. The van der Waals surface area contributed by atoms with Crippen LogP contribution in [0.3, 0.4) is 0 Å². The Morgan fingerprint density at radius 1 is 1.21 bits per heavy atom. The van der Waals surface area contributed by atoms with E-state index in [9.17, 15) is 13.6 Å². The van der Waals surface area contributed by atoms with E-state index in [0.29, 0.717) is 17.5 Å². The van der Waals surface area contributed by atoms with E-state index >= 15 is 0 Å². The minimum absolute atomic E-state index is 0.00000947. The summed E-state index contributed by atoms with van der Waals surface area (Å²) >= 11 is 1.18. The van der Waals surface area contributed by atoms with E-state index in [1.165, 1.54) is 17.8 Å². The van der Waals surface area contributed by atoms with Crippen LogP contribution in [0.1, 0.15) is 5.56 Å². The van der Waals surface area contributed by atoms with Crippen LogP contribution in [0.25, 0.3) is 11.4 Å². The summed E-state index contributed by atoms with van der Waals surface area (Å²) in [5, 5.41) is 11.4. The van der Waals surface area contributed by atoms with Gasteiger partial charge in [-0.3, -0.25) is 9.36 Å². The Bertz CT molecular complexity index is 1000. The zero-order valence-corrected chi connectivity index (χ0v) is 16.0. The summed E-state index contributed by atoms with van der Waals surface area (Å²) in [7, 11) is 0. The number of aromatic nitrogens is 3. The fraction of sp³-hybridized carbons (Fsp3) is 0.150. The third-order valence-corrected chi connectivity index (χ3v) is 4.84. The van der Waals surface area contributed by atoms with Gasteiger partial charge in [0.1, 0.15) is 11.6 Å². The molecule has 3 aromatic rings. The van der Waals surface area contributed by atoms with Crippen molar-refractivity contribution in [3.05, 3.63) is 72.3 Å². The summed E-state index contributed by atoms with van der Waals surface area (Å²) < 4.78 is 28.5. The largest absolute Gasteiger partial charge is 0.323 e. The van der Waals surface area contributed by atoms with Crippen LogP contribution >= 0.6 is 11.8 Å². The maximum absolute atomic E-state index is 13.7. The van der Waals surface area contributed by atoms with Crippen LogP contribution in [-0.2, 0) is 11.3 Å². The number of hydrogen-bond donors (Lipinski definition) is 1. The van der Waals surface area contributed by atoms with Crippen molar-refractivity contribution in [1.82, 2.24) is 14.8 Å². The molecule has 0 aliphatic rings. The number of anilines is 1. The Kier molecular flexibility index (Phi) is 6.20. The number of thioether (sulfide) groups is 1. The first-order chi connectivity index (χ1) is 13.5. The van der Waals surface area contributed by atoms with Crippen molar-refractivity contribution in [3.8, 4) is 11.4 Å². The molecule has 144 valence electrons. The van der Waals surface area contributed by atoms with Gasteiger partial charge in [0, 0.05) is 18.2 Å². The topological polar surface area (TPSA) is 59.8 Å². The Morgan fingerprint density at radius 3 is 2.64 bits per heavy atom. The van der Waals surface area contributed by atoms with Gasteiger partial charge in [-0.05, 0) is 19.1 Å². The number of amides is 1. The second kappa shape index (κ2) is 8.79. The maximum Gasteiger partial charge on any atom is 0.234 e. The smallest absolute Gasteiger partial charge is 0.234 e. The first-order valence-corrected chi connectivity index (χ1v) is 9.45. The molecule has 1 amide bonds. The SMILES string of the molecule is C=CCn1c(SCC(=O)Nc2ccc(F)cc2F)nnc1-c1ccc(C)cc1. The number of nitrogens with zero attached hydrogens (tertiary/aromatic N) is 3. The molecule has 3 rings (SSSR count). The highest BCUT2D eigenvalue weighted by Gasteiger charge is 2.15. The number of carbonyl (C=O) groups is 1. The van der Waals surface area contributed by atoms with Crippen molar-refractivity contribution >= 4 is 23.4 Å². The molecule has 2 aromatic carbocycles. The van der Waals surface area contributed by atoms with Crippen molar-refractivity contribution in [2.45, 2.75) is 18.6 Å². The van der Waals surface area contributed by atoms with Gasteiger partial charge in [-0.25, -0.2) is 8.78 Å². The fourth-order valence-corrected chi connectivity index (χ4v) is 3.26. The molecule has 0 saturated heterocycles. The van der Waals surface area contributed by atoms with Crippen molar-refractivity contribution in [1.29, 1.82) is 0 Å². The number of benzene rings is 2. The van der Waals surface area contributed by atoms with E-state index in [2.05, 4.69) is 22.1 Å². The zero-order chi connectivity index (χ0) is 20.1. The minimum Gasteiger partial charge on any atom is -0.323 e. The van der Waals surface area contributed by atoms with Gasteiger partial charge in [0.2, 0.25) is 5.91 Å². The van der Waals surface area contributed by atoms with E-state index in [4.69, 9.17) is 0 Å². The molecule has 5 nitrogen and oxygen atoms in total. The van der Waals surface area contributed by atoms with Crippen molar-refractivity contribution in [2.75, 3.05) is 11.1 Å². The summed E-state index contributed by atoms with van der Waals surface area (Å²) in [6.07, 6.45) is 1.72. The van der Waals surface area contributed by atoms with Crippen molar-refractivity contribution in [3.63, 3.8) is 0 Å². The summed E-state index contributed by atoms with van der Waals surface area (Å²) in [5.74, 6) is -1.28. The van der Waals surface area contributed by atoms with E-state index < -0.39 is 17.5 Å². The lowest BCUT2D eigenvalue weighted by atomic mass is 10.1. The van der Waals surface area contributed by atoms with E-state index in [1.54, 1.807) is 6.08 Å². The van der Waals surface area contributed by atoms with Crippen LogP contribution in [0, 0.1) is 18.6 Å². The van der Waals surface area contributed by atoms with Gasteiger partial charge in [-0.2, -0.15) is 0 Å². The van der Waals surface area contributed by atoms with Crippen molar-refractivity contribution < 1.29 is 13.6 Å². The van der Waals surface area contributed by atoms with Crippen molar-refractivity contribution in [2.24, 2.45) is 0 Å². The molecule has 0 aliphatic heterocycles. The summed E-state index contributed by atoms with van der Waals surface area (Å²) in [4.78, 5) is 12.1. The molecular formula is C20H18F2N4OS. The second-order valence-electron chi connectivity index (χ2n) is 6.03. The predicted molar refractivity (Wildman–Crippen MR) is 106 cm³/mol. The number of allylic oxidation sites excluding steroid dienone is 1. The lowest BCUT2D eigenvalue weighted by Crippen LogP contribution is -2.15. The predicted octanol–water partition coefficient (Wildman–Crippen LogP) is 4.45. The number of rotatable bonds is 7. The maximum atomic E-state index is 13.7. The molecule has 1 aromatic heterocycles. The number of nitrogens with one attached hydrogen (secondary N) is 1. The standard InChI is InChI=1S/C20H18F2N4OS/c1-3-10-26-19(14-6-4-13(2)5-7-14)24-25-20(26)28-12-18(27)23-17-9-8-15(21)11-16(17)22/h3-9,11H,1,10,12H2,2H3,(H,23,27). The summed E-state index contributed by atoms with van der Waals surface area (Å²) in [6.45, 7) is 6.24. The molecule has 0 unspecified atom stereocenters. The van der Waals surface area contributed by atoms with Gasteiger partial charge in [0.25, 0.3) is 0 Å². The highest BCUT2D eigenvalue weighted by Crippen LogP contribution is 2.25. The normalized spacial score (nSPS) is 10.7. The molecule has 0 bridgehead atoms. The molecule has 0 aliphatic carbocycles. The Labute approximate surface area is 165 Å². The molecule has 28 heavy (non-hydrogen) atoms. The van der Waals surface area contributed by atoms with Crippen LogP contribution in [-0.4, -0.2) is 26.4 Å². The fourth-order valence-electron chi connectivity index (χ4n) is 2.51. The first kappa shape index (κ1) is 19.8. The van der Waals surface area contributed by atoms with Crippen LogP contribution in [0.2, 0.25) is 0 Å². The first-order valence-electron chi connectivity index (χ1n) is 8.46. The lowest BCUT2D eigenvalue weighted by Gasteiger charge is -2.09. The van der Waals surface area contributed by atoms with E-state index in [1.807, 2.05) is 35.8 Å². The third-order valence-electron chi connectivity index (χ3n) is 3.88. The summed E-state index contributed by atoms with van der Waals surface area (Å²) in [6, 6.07) is 10.9. The molecule has 0 fully saturated rings. The van der Waals surface area contributed by atoms with E-state index in [0.717, 1.165) is 23.3 Å². The highest BCUT2D eigenvalue weighted by atomic mass is 32.2. The molecule has 0 spiro atoms. The lowest BCUT2D eigenvalue weighted by molar-refractivity contribution is -0.113. The van der Waals surface area contributed by atoms with Crippen LogP contribution in [0.4, 0.5) is 14.5 Å². The van der Waals surface area contributed by atoms with Crippen LogP contribution < -0.4 is 5.32 Å². The average molecular weight is 400 g/mol. The molecule has 0 radical (unpaired) electrons. The Morgan fingerprint density at radius 2 is 1.96 bits per heavy atom. The zero-order valence-electron chi connectivity index (χ0n) is 15.2. The van der Waals surface area contributed by atoms with Gasteiger partial charge >= 0.3 is 0 Å². The average Bonchev–Trinajstić information content (AvgIpc) is 3.06. The number of aryl methyl sites for hydroxylation is 1. The summed E-state index contributed by atoms with van der Waals surface area (Å²) in [5.41, 5.74) is 1.97. The molecule has 0 saturated carbocycles. The number of halogens is 2. The Hall–Kier alpha value is -3.00. The highest BCUT2D eigenvalue weighted by molar-refractivity contribution is 7.99. The van der Waals surface area contributed by atoms with Gasteiger partial charge in [-0.15, -0.1) is 16.8 Å². The number of carbonyl (C=O) groups excluding carboxylic acids is 1. The van der Waals surface area contributed by atoms with Crippen LogP contribution in [0.15, 0.2) is 60.3 Å². The molecule has 1 N–H and O–H groups in total. The van der Waals surface area contributed by atoms with Crippen LogP contribution in [0.5, 0.6) is 0 Å². The minimum atomic E-state index is -0.824. The second-order valence-corrected chi connectivity index (χ2v) is 6.98. The number of hydrogen-bond acceptors (Lipinski definition) is 4. The monoisotopic (exact) mass is 400 g/mol. The van der Waals surface area contributed by atoms with E-state index in [-0.39, 0.29) is 11.4 Å². The molecule has 0 atom stereocenters. The molecule has 8 heteroatoms.